The van der Waals surface area contributed by atoms with Crippen molar-refractivity contribution in [1.82, 2.24) is 14.2 Å². The SMILES string of the molecule is CC(C)(C)C(O)OCn1ccc2c(S(=O)(=O)N3CCC(NC(=O)OCc4ccccc4)C34CC4)cccc2c1=O. The summed E-state index contributed by atoms with van der Waals surface area (Å²) in [7, 11) is -3.99. The van der Waals surface area contributed by atoms with Crippen LogP contribution in [0.1, 0.15) is 45.6 Å². The van der Waals surface area contributed by atoms with Gasteiger partial charge in [0.25, 0.3) is 5.56 Å². The van der Waals surface area contributed by atoms with Crippen molar-refractivity contribution in [3.8, 4) is 0 Å². The highest BCUT2D eigenvalue weighted by atomic mass is 32.2. The molecule has 3 aromatic rings. The zero-order chi connectivity index (χ0) is 28.7. The molecule has 2 aromatic carbocycles. The number of pyridine rings is 1. The standard InChI is InChI=1S/C29H35N3O7S/c1-28(2,3)26(34)39-19-31-16-12-21-22(25(31)33)10-7-11-23(21)40(36,37)32-17-13-24(29(32)14-15-29)30-27(35)38-18-20-8-5-4-6-9-20/h4-12,16,24,26,34H,13-15,17-19H2,1-3H3,(H,30,35). The number of nitrogens with zero attached hydrogens (tertiary/aromatic N) is 2. The Balaban J connectivity index is 1.34. The second kappa shape index (κ2) is 10.6. The lowest BCUT2D eigenvalue weighted by Crippen LogP contribution is -2.48. The molecule has 2 atom stereocenters. The Morgan fingerprint density at radius 3 is 2.50 bits per heavy atom. The monoisotopic (exact) mass is 569 g/mol. The van der Waals surface area contributed by atoms with E-state index in [2.05, 4.69) is 5.32 Å². The molecule has 2 heterocycles. The molecule has 5 rings (SSSR count). The van der Waals surface area contributed by atoms with E-state index < -0.39 is 38.9 Å². The first-order chi connectivity index (χ1) is 18.9. The van der Waals surface area contributed by atoms with E-state index in [1.165, 1.54) is 21.1 Å². The van der Waals surface area contributed by atoms with E-state index in [9.17, 15) is 23.1 Å². The number of carbonyl (C=O) groups excluding carboxylic acids is 1. The lowest BCUT2D eigenvalue weighted by atomic mass is 9.96. The summed E-state index contributed by atoms with van der Waals surface area (Å²) in [5.74, 6) is 0. The molecule has 2 aliphatic rings. The molecule has 2 fully saturated rings. The third kappa shape index (κ3) is 5.38. The Kier molecular flexibility index (Phi) is 7.51. The average Bonchev–Trinajstić information content (AvgIpc) is 3.63. The first-order valence-electron chi connectivity index (χ1n) is 13.4. The highest BCUT2D eigenvalue weighted by molar-refractivity contribution is 7.89. The topological polar surface area (TPSA) is 127 Å². The van der Waals surface area contributed by atoms with E-state index >= 15 is 0 Å². The summed E-state index contributed by atoms with van der Waals surface area (Å²) in [4.78, 5) is 25.8. The van der Waals surface area contributed by atoms with Gasteiger partial charge in [-0.3, -0.25) is 9.36 Å². The molecule has 2 N–H and O–H groups in total. The Morgan fingerprint density at radius 2 is 1.82 bits per heavy atom. The van der Waals surface area contributed by atoms with Crippen LogP contribution in [0.15, 0.2) is 70.5 Å². The Labute approximate surface area is 233 Å². The number of ether oxygens (including phenoxy) is 2. The van der Waals surface area contributed by atoms with Crippen molar-refractivity contribution in [2.24, 2.45) is 5.41 Å². The molecule has 10 nitrogen and oxygen atoms in total. The zero-order valence-electron chi connectivity index (χ0n) is 22.9. The van der Waals surface area contributed by atoms with Gasteiger partial charge in [-0.2, -0.15) is 4.31 Å². The van der Waals surface area contributed by atoms with Crippen LogP contribution in [0.5, 0.6) is 0 Å². The quantitative estimate of drug-likeness (QED) is 0.397. The van der Waals surface area contributed by atoms with Crippen LogP contribution in [0, 0.1) is 5.41 Å². The third-order valence-electron chi connectivity index (χ3n) is 7.69. The van der Waals surface area contributed by atoms with E-state index in [1.807, 2.05) is 51.1 Å². The van der Waals surface area contributed by atoms with Crippen molar-refractivity contribution in [2.45, 2.75) is 76.1 Å². The molecule has 1 saturated heterocycles. The van der Waals surface area contributed by atoms with Crippen molar-refractivity contribution in [3.63, 3.8) is 0 Å². The van der Waals surface area contributed by atoms with E-state index in [4.69, 9.17) is 9.47 Å². The van der Waals surface area contributed by atoms with Crippen LogP contribution in [0.2, 0.25) is 0 Å². The number of hydrogen-bond donors (Lipinski definition) is 2. The van der Waals surface area contributed by atoms with Crippen LogP contribution >= 0.6 is 0 Å². The van der Waals surface area contributed by atoms with Gasteiger partial charge >= 0.3 is 6.09 Å². The zero-order valence-corrected chi connectivity index (χ0v) is 23.7. The molecule has 1 saturated carbocycles. The second-order valence-corrected chi connectivity index (χ2v) is 13.4. The summed E-state index contributed by atoms with van der Waals surface area (Å²) < 4.78 is 41.6. The fourth-order valence-corrected chi connectivity index (χ4v) is 7.32. The molecule has 1 amide bonds. The van der Waals surface area contributed by atoms with Gasteiger partial charge in [0.05, 0.1) is 16.5 Å². The fraction of sp³-hybridized carbons (Fsp3) is 0.448. The normalized spacial score (nSPS) is 19.6. The number of rotatable bonds is 8. The van der Waals surface area contributed by atoms with Crippen LogP contribution in [0.4, 0.5) is 4.79 Å². The van der Waals surface area contributed by atoms with Gasteiger partial charge in [0, 0.05) is 28.9 Å². The largest absolute Gasteiger partial charge is 0.445 e. The summed E-state index contributed by atoms with van der Waals surface area (Å²) in [6.45, 7) is 5.65. The van der Waals surface area contributed by atoms with Crippen molar-refractivity contribution in [2.75, 3.05) is 6.54 Å². The number of nitrogens with one attached hydrogen (secondary N) is 1. The van der Waals surface area contributed by atoms with Crippen molar-refractivity contribution >= 4 is 26.9 Å². The third-order valence-corrected chi connectivity index (χ3v) is 9.73. The number of benzene rings is 2. The number of aliphatic hydroxyl groups excluding tert-OH is 1. The van der Waals surface area contributed by atoms with E-state index in [0.29, 0.717) is 24.6 Å². The molecule has 1 spiro atoms. The highest BCUT2D eigenvalue weighted by Gasteiger charge is 2.62. The molecule has 0 bridgehead atoms. The molecule has 2 unspecified atom stereocenters. The van der Waals surface area contributed by atoms with Crippen LogP contribution in [-0.4, -0.2) is 52.9 Å². The number of alkyl carbamates (subject to hydrolysis) is 1. The van der Waals surface area contributed by atoms with E-state index in [1.54, 1.807) is 18.2 Å². The summed E-state index contributed by atoms with van der Waals surface area (Å²) in [5, 5.41) is 13.6. The minimum absolute atomic E-state index is 0.0449. The van der Waals surface area contributed by atoms with Gasteiger partial charge < -0.3 is 19.9 Å². The van der Waals surface area contributed by atoms with Gasteiger partial charge in [0.2, 0.25) is 10.0 Å². The molecule has 1 aliphatic heterocycles. The Morgan fingerprint density at radius 1 is 1.10 bits per heavy atom. The summed E-state index contributed by atoms with van der Waals surface area (Å²) in [5.41, 5.74) is -0.791. The maximum Gasteiger partial charge on any atom is 0.407 e. The highest BCUT2D eigenvalue weighted by Crippen LogP contribution is 2.52. The minimum Gasteiger partial charge on any atom is -0.445 e. The number of carbonyl (C=O) groups is 1. The summed E-state index contributed by atoms with van der Waals surface area (Å²) >= 11 is 0. The van der Waals surface area contributed by atoms with Gasteiger partial charge in [0.15, 0.2) is 6.29 Å². The Hall–Kier alpha value is -3.25. The number of hydrogen-bond acceptors (Lipinski definition) is 7. The molecule has 11 heteroatoms. The van der Waals surface area contributed by atoms with Gasteiger partial charge in [-0.05, 0) is 43.0 Å². The first-order valence-corrected chi connectivity index (χ1v) is 14.8. The molecular formula is C29H35N3O7S. The number of aliphatic hydroxyl groups is 1. The first kappa shape index (κ1) is 28.3. The number of fused-ring (bicyclic) bond motifs is 1. The number of sulfonamides is 1. The van der Waals surface area contributed by atoms with Gasteiger partial charge in [-0.25, -0.2) is 13.2 Å². The van der Waals surface area contributed by atoms with Crippen molar-refractivity contribution in [1.29, 1.82) is 0 Å². The van der Waals surface area contributed by atoms with Crippen LogP contribution in [-0.2, 0) is 32.8 Å². The molecule has 40 heavy (non-hydrogen) atoms. The lowest BCUT2D eigenvalue weighted by Gasteiger charge is -2.28. The predicted octanol–water partition coefficient (Wildman–Crippen LogP) is 3.56. The lowest BCUT2D eigenvalue weighted by molar-refractivity contribution is -0.179. The van der Waals surface area contributed by atoms with E-state index in [-0.39, 0.29) is 36.2 Å². The fourth-order valence-electron chi connectivity index (χ4n) is 5.25. The molecule has 1 aliphatic carbocycles. The molecule has 214 valence electrons. The molecule has 0 radical (unpaired) electrons. The van der Waals surface area contributed by atoms with Crippen molar-refractivity contribution in [3.05, 3.63) is 76.7 Å². The van der Waals surface area contributed by atoms with Gasteiger partial charge in [-0.15, -0.1) is 0 Å². The predicted molar refractivity (Wildman–Crippen MR) is 149 cm³/mol. The van der Waals surface area contributed by atoms with Gasteiger partial charge in [-0.1, -0.05) is 57.2 Å². The smallest absolute Gasteiger partial charge is 0.407 e. The van der Waals surface area contributed by atoms with Crippen LogP contribution < -0.4 is 10.9 Å². The second-order valence-electron chi connectivity index (χ2n) is 11.6. The van der Waals surface area contributed by atoms with Gasteiger partial charge in [0.1, 0.15) is 13.3 Å². The van der Waals surface area contributed by atoms with Crippen LogP contribution in [0.25, 0.3) is 10.8 Å². The molecular weight excluding hydrogens is 534 g/mol. The van der Waals surface area contributed by atoms with E-state index in [0.717, 1.165) is 5.56 Å². The molecule has 1 aromatic heterocycles. The average molecular weight is 570 g/mol. The summed E-state index contributed by atoms with van der Waals surface area (Å²) in [6.07, 6.45) is 1.53. The Bertz CT molecular complexity index is 1560. The number of aromatic nitrogens is 1. The van der Waals surface area contributed by atoms with Crippen molar-refractivity contribution < 1.29 is 27.8 Å². The summed E-state index contributed by atoms with van der Waals surface area (Å²) in [6, 6.07) is 15.2. The van der Waals surface area contributed by atoms with Crippen LogP contribution in [0.3, 0.4) is 0 Å². The maximum atomic E-state index is 14.0. The number of amides is 1. The minimum atomic E-state index is -3.99. The maximum absolute atomic E-state index is 14.0.